The molecule has 20 heavy (non-hydrogen) atoms. The average molecular weight is 265 g/mol. The minimum absolute atomic E-state index is 0.455. The second-order valence-corrected chi connectivity index (χ2v) is 5.71. The van der Waals surface area contributed by atoms with Gasteiger partial charge in [-0.25, -0.2) is 0 Å². The van der Waals surface area contributed by atoms with E-state index in [-0.39, 0.29) is 0 Å². The summed E-state index contributed by atoms with van der Waals surface area (Å²) in [5.41, 5.74) is 5.35. The molecule has 1 N–H and O–H groups in total. The van der Waals surface area contributed by atoms with Gasteiger partial charge in [-0.05, 0) is 60.6 Å². The molecule has 0 amide bonds. The Bertz CT molecular complexity index is 631. The number of hydrogen-bond acceptors (Lipinski definition) is 2. The maximum atomic E-state index is 5.92. The van der Waals surface area contributed by atoms with Crippen molar-refractivity contribution >= 4 is 5.69 Å². The van der Waals surface area contributed by atoms with Crippen molar-refractivity contribution in [2.75, 3.05) is 11.9 Å². The van der Waals surface area contributed by atoms with Gasteiger partial charge in [-0.1, -0.05) is 24.3 Å². The van der Waals surface area contributed by atoms with E-state index in [4.69, 9.17) is 4.74 Å². The lowest BCUT2D eigenvalue weighted by Gasteiger charge is -2.21. The molecule has 4 rings (SSSR count). The Kier molecular flexibility index (Phi) is 2.87. The number of fused-ring (bicyclic) bond motifs is 1. The summed E-state index contributed by atoms with van der Waals surface area (Å²) in [7, 11) is 0. The fraction of sp³-hybridized carbons (Fsp3) is 0.333. The fourth-order valence-corrected chi connectivity index (χ4v) is 2.90. The highest BCUT2D eigenvalue weighted by Gasteiger charge is 2.23. The lowest BCUT2D eigenvalue weighted by atomic mass is 9.93. The van der Waals surface area contributed by atoms with Gasteiger partial charge in [0.25, 0.3) is 0 Å². The first kappa shape index (κ1) is 11.8. The van der Waals surface area contributed by atoms with Crippen LogP contribution in [-0.4, -0.2) is 12.6 Å². The van der Waals surface area contributed by atoms with Crippen molar-refractivity contribution in [3.8, 4) is 16.9 Å². The summed E-state index contributed by atoms with van der Waals surface area (Å²) >= 11 is 0. The highest BCUT2D eigenvalue weighted by atomic mass is 16.5. The minimum atomic E-state index is 0.455. The molecular formula is C18H19NO. The van der Waals surface area contributed by atoms with Crippen molar-refractivity contribution in [2.24, 2.45) is 0 Å². The zero-order valence-electron chi connectivity index (χ0n) is 11.6. The van der Waals surface area contributed by atoms with Crippen molar-refractivity contribution in [2.45, 2.75) is 31.8 Å². The average Bonchev–Trinajstić information content (AvgIpc) is 3.31. The molecule has 1 fully saturated rings. The van der Waals surface area contributed by atoms with E-state index in [2.05, 4.69) is 47.8 Å². The van der Waals surface area contributed by atoms with Gasteiger partial charge in [0.2, 0.25) is 0 Å². The molecule has 0 saturated heterocycles. The van der Waals surface area contributed by atoms with Crippen molar-refractivity contribution < 1.29 is 4.74 Å². The molecule has 1 heterocycles. The van der Waals surface area contributed by atoms with Crippen LogP contribution in [0.5, 0.6) is 5.75 Å². The van der Waals surface area contributed by atoms with E-state index in [1.807, 2.05) is 0 Å². The third kappa shape index (κ3) is 2.26. The molecule has 0 bridgehead atoms. The van der Waals surface area contributed by atoms with Crippen molar-refractivity contribution in [3.05, 3.63) is 48.0 Å². The van der Waals surface area contributed by atoms with E-state index in [1.165, 1.54) is 41.6 Å². The zero-order valence-corrected chi connectivity index (χ0v) is 11.6. The molecule has 2 nitrogen and oxygen atoms in total. The predicted octanol–water partition coefficient (Wildman–Crippen LogP) is 4.25. The molecule has 0 radical (unpaired) electrons. The summed E-state index contributed by atoms with van der Waals surface area (Å²) in [6, 6.07) is 15.1. The third-order valence-electron chi connectivity index (χ3n) is 4.07. The Hall–Kier alpha value is -1.96. The maximum absolute atomic E-state index is 5.92. The lowest BCUT2D eigenvalue weighted by molar-refractivity contribution is 0.303. The van der Waals surface area contributed by atoms with Gasteiger partial charge in [-0.2, -0.15) is 0 Å². The van der Waals surface area contributed by atoms with Gasteiger partial charge in [-0.3, -0.25) is 0 Å². The first-order chi connectivity index (χ1) is 9.90. The molecule has 0 spiro atoms. The number of rotatable bonds is 3. The Morgan fingerprint density at radius 1 is 1.05 bits per heavy atom. The van der Waals surface area contributed by atoms with Gasteiger partial charge in [-0.15, -0.1) is 0 Å². The lowest BCUT2D eigenvalue weighted by Crippen LogP contribution is -2.12. The summed E-state index contributed by atoms with van der Waals surface area (Å²) in [6.07, 6.45) is 5.23. The van der Waals surface area contributed by atoms with Crippen LogP contribution in [0.3, 0.4) is 0 Å². The largest absolute Gasteiger partial charge is 0.490 e. The fourth-order valence-electron chi connectivity index (χ4n) is 2.90. The normalized spacial score (nSPS) is 17.2. The van der Waals surface area contributed by atoms with Crippen molar-refractivity contribution in [3.63, 3.8) is 0 Å². The Labute approximate surface area is 119 Å². The smallest absolute Gasteiger partial charge is 0.120 e. The molecule has 0 atom stereocenters. The number of benzene rings is 2. The van der Waals surface area contributed by atoms with Crippen molar-refractivity contribution in [1.82, 2.24) is 0 Å². The maximum Gasteiger partial charge on any atom is 0.120 e. The van der Waals surface area contributed by atoms with Gasteiger partial charge in [0.15, 0.2) is 0 Å². The SMILES string of the molecule is c1cc(OC2CC2)cc(-c2cccc3c2CCCN3)c1. The van der Waals surface area contributed by atoms with Gasteiger partial charge >= 0.3 is 0 Å². The third-order valence-corrected chi connectivity index (χ3v) is 4.07. The summed E-state index contributed by atoms with van der Waals surface area (Å²) in [5, 5.41) is 3.50. The van der Waals surface area contributed by atoms with E-state index in [1.54, 1.807) is 0 Å². The molecule has 0 unspecified atom stereocenters. The van der Waals surface area contributed by atoms with Gasteiger partial charge < -0.3 is 10.1 Å². The van der Waals surface area contributed by atoms with Crippen LogP contribution in [0.25, 0.3) is 11.1 Å². The van der Waals surface area contributed by atoms with Crippen LogP contribution in [0.4, 0.5) is 5.69 Å². The standard InChI is InChI=1S/C18H19NO/c1-4-13(12-15(5-1)20-14-9-10-14)16-6-2-8-18-17(16)7-3-11-19-18/h1-2,4-6,8,12,14,19H,3,7,9-11H2. The molecule has 2 aliphatic rings. The van der Waals surface area contributed by atoms with Crippen LogP contribution in [0.15, 0.2) is 42.5 Å². The number of hydrogen-bond donors (Lipinski definition) is 1. The monoisotopic (exact) mass is 265 g/mol. The topological polar surface area (TPSA) is 21.3 Å². The second-order valence-electron chi connectivity index (χ2n) is 5.71. The van der Waals surface area contributed by atoms with Gasteiger partial charge in [0.05, 0.1) is 6.10 Å². The summed E-state index contributed by atoms with van der Waals surface area (Å²) in [6.45, 7) is 1.08. The van der Waals surface area contributed by atoms with Crippen LogP contribution in [-0.2, 0) is 6.42 Å². The Morgan fingerprint density at radius 3 is 2.85 bits per heavy atom. The highest BCUT2D eigenvalue weighted by Crippen LogP contribution is 2.35. The van der Waals surface area contributed by atoms with Crippen molar-refractivity contribution in [1.29, 1.82) is 0 Å². The second kappa shape index (κ2) is 4.86. The first-order valence-corrected chi connectivity index (χ1v) is 7.53. The summed E-state index contributed by atoms with van der Waals surface area (Å²) in [4.78, 5) is 0. The molecule has 2 aromatic carbocycles. The molecule has 2 heteroatoms. The van der Waals surface area contributed by atoms with E-state index < -0.39 is 0 Å². The van der Waals surface area contributed by atoms with E-state index in [0.29, 0.717) is 6.10 Å². The number of anilines is 1. The minimum Gasteiger partial charge on any atom is -0.490 e. The number of nitrogens with one attached hydrogen (secondary N) is 1. The van der Waals surface area contributed by atoms with Gasteiger partial charge in [0.1, 0.15) is 5.75 Å². The first-order valence-electron chi connectivity index (χ1n) is 7.53. The summed E-state index contributed by atoms with van der Waals surface area (Å²) in [5.74, 6) is 1.01. The predicted molar refractivity (Wildman–Crippen MR) is 82.3 cm³/mol. The molecule has 0 aromatic heterocycles. The molecule has 102 valence electrons. The molecule has 1 aliphatic heterocycles. The molecule has 2 aromatic rings. The van der Waals surface area contributed by atoms with Crippen LogP contribution >= 0.6 is 0 Å². The molecule has 1 saturated carbocycles. The van der Waals surface area contributed by atoms with Gasteiger partial charge in [0, 0.05) is 12.2 Å². The summed E-state index contributed by atoms with van der Waals surface area (Å²) < 4.78 is 5.92. The van der Waals surface area contributed by atoms with Crippen LogP contribution in [0, 0.1) is 0 Å². The number of ether oxygens (including phenoxy) is 1. The van der Waals surface area contributed by atoms with E-state index >= 15 is 0 Å². The van der Waals surface area contributed by atoms with Crippen LogP contribution < -0.4 is 10.1 Å². The van der Waals surface area contributed by atoms with E-state index in [0.717, 1.165) is 18.7 Å². The zero-order chi connectivity index (χ0) is 13.4. The Morgan fingerprint density at radius 2 is 1.95 bits per heavy atom. The molecule has 1 aliphatic carbocycles. The van der Waals surface area contributed by atoms with E-state index in [9.17, 15) is 0 Å². The highest BCUT2D eigenvalue weighted by molar-refractivity contribution is 5.75. The van der Waals surface area contributed by atoms with Crippen LogP contribution in [0.2, 0.25) is 0 Å². The van der Waals surface area contributed by atoms with Crippen LogP contribution in [0.1, 0.15) is 24.8 Å². The quantitative estimate of drug-likeness (QED) is 0.895. The molecular weight excluding hydrogens is 246 g/mol. The Balaban J connectivity index is 1.72.